The summed E-state index contributed by atoms with van der Waals surface area (Å²) in [6.45, 7) is 4.58. The van der Waals surface area contributed by atoms with Crippen LogP contribution in [0.3, 0.4) is 0 Å². The minimum atomic E-state index is 0.905. The van der Waals surface area contributed by atoms with Gasteiger partial charge in [0.25, 0.3) is 0 Å². The highest BCUT2D eigenvalue weighted by atomic mass is 32.7. The average Bonchev–Trinajstić information content (AvgIpc) is 2.35. The molecule has 0 nitrogen and oxygen atoms in total. The summed E-state index contributed by atoms with van der Waals surface area (Å²) in [4.78, 5) is 0. The molecule has 104 valence electrons. The molecule has 0 aliphatic carbocycles. The molecule has 0 aromatic carbocycles. The van der Waals surface area contributed by atoms with Gasteiger partial charge in [-0.05, 0) is 12.8 Å². The smallest absolute Gasteiger partial charge is 0.00834 e. The summed E-state index contributed by atoms with van der Waals surface area (Å²) in [5.41, 5.74) is 0. The molecule has 0 radical (unpaired) electrons. The predicted octanol–water partition coefficient (Wildman–Crippen LogP) is 6.60. The van der Waals surface area contributed by atoms with Gasteiger partial charge in [0, 0.05) is 5.25 Å². The molecule has 0 saturated carbocycles. The molecule has 0 spiro atoms. The SMILES string of the molecule is CCCCCCCCCC(CCCCC)SP. The van der Waals surface area contributed by atoms with E-state index >= 15 is 0 Å². The van der Waals surface area contributed by atoms with Crippen molar-refractivity contribution in [2.24, 2.45) is 0 Å². The molecule has 0 fully saturated rings. The molecule has 2 heteroatoms. The lowest BCUT2D eigenvalue weighted by Crippen LogP contribution is -2.00. The molecular formula is C15H33PS. The van der Waals surface area contributed by atoms with E-state index in [2.05, 4.69) is 22.3 Å². The highest BCUT2D eigenvalue weighted by Crippen LogP contribution is 2.28. The van der Waals surface area contributed by atoms with Crippen LogP contribution in [0.5, 0.6) is 0 Å². The van der Waals surface area contributed by atoms with E-state index in [0.29, 0.717) is 0 Å². The van der Waals surface area contributed by atoms with Crippen molar-refractivity contribution in [1.82, 2.24) is 0 Å². The van der Waals surface area contributed by atoms with Crippen molar-refractivity contribution in [2.75, 3.05) is 0 Å². The fourth-order valence-corrected chi connectivity index (χ4v) is 3.65. The molecule has 0 aliphatic rings. The second-order valence-electron chi connectivity index (χ2n) is 5.16. The first-order valence-corrected chi connectivity index (χ1v) is 10.1. The Hall–Kier alpha value is 0.780. The lowest BCUT2D eigenvalue weighted by atomic mass is 10.0. The second-order valence-corrected chi connectivity index (χ2v) is 6.92. The van der Waals surface area contributed by atoms with Crippen LogP contribution in [0.2, 0.25) is 0 Å². The molecular weight excluding hydrogens is 243 g/mol. The summed E-state index contributed by atoms with van der Waals surface area (Å²) in [5.74, 6) is 0. The van der Waals surface area contributed by atoms with Gasteiger partial charge in [-0.3, -0.25) is 0 Å². The monoisotopic (exact) mass is 276 g/mol. The Bertz CT molecular complexity index is 139. The summed E-state index contributed by atoms with van der Waals surface area (Å²) in [5, 5.41) is 0.905. The molecule has 2 atom stereocenters. The van der Waals surface area contributed by atoms with Crippen LogP contribution in [0.4, 0.5) is 0 Å². The van der Waals surface area contributed by atoms with Crippen molar-refractivity contribution in [1.29, 1.82) is 0 Å². The molecule has 0 rings (SSSR count). The first-order valence-electron chi connectivity index (χ1n) is 7.70. The third-order valence-electron chi connectivity index (χ3n) is 3.45. The van der Waals surface area contributed by atoms with Gasteiger partial charge in [0.2, 0.25) is 0 Å². The van der Waals surface area contributed by atoms with Crippen molar-refractivity contribution in [3.63, 3.8) is 0 Å². The van der Waals surface area contributed by atoms with Crippen LogP contribution >= 0.6 is 19.8 Å². The normalized spacial score (nSPS) is 12.9. The zero-order chi connectivity index (χ0) is 12.8. The second kappa shape index (κ2) is 14.8. The minimum Gasteiger partial charge on any atom is -0.138 e. The number of hydrogen-bond acceptors (Lipinski definition) is 1. The van der Waals surface area contributed by atoms with Crippen molar-refractivity contribution < 1.29 is 0 Å². The van der Waals surface area contributed by atoms with Crippen molar-refractivity contribution >= 4 is 19.8 Å². The number of hydrogen-bond donors (Lipinski definition) is 0. The van der Waals surface area contributed by atoms with Crippen molar-refractivity contribution in [3.05, 3.63) is 0 Å². The molecule has 0 heterocycles. The van der Waals surface area contributed by atoms with Crippen LogP contribution in [-0.4, -0.2) is 5.25 Å². The van der Waals surface area contributed by atoms with Crippen molar-refractivity contribution in [2.45, 2.75) is 96.1 Å². The van der Waals surface area contributed by atoms with E-state index < -0.39 is 0 Å². The highest BCUT2D eigenvalue weighted by molar-refractivity contribution is 8.44. The van der Waals surface area contributed by atoms with Crippen LogP contribution in [0, 0.1) is 0 Å². The third-order valence-corrected chi connectivity index (χ3v) is 5.46. The third kappa shape index (κ3) is 13.0. The van der Waals surface area contributed by atoms with Crippen LogP contribution in [0.15, 0.2) is 0 Å². The lowest BCUT2D eigenvalue weighted by Gasteiger charge is -2.13. The first kappa shape index (κ1) is 17.8. The summed E-state index contributed by atoms with van der Waals surface area (Å²) < 4.78 is 0. The molecule has 17 heavy (non-hydrogen) atoms. The Morgan fingerprint density at radius 3 is 1.65 bits per heavy atom. The highest BCUT2D eigenvalue weighted by Gasteiger charge is 2.06. The summed E-state index contributed by atoms with van der Waals surface area (Å²) in [6.07, 6.45) is 17.1. The van der Waals surface area contributed by atoms with Crippen LogP contribution < -0.4 is 0 Å². The van der Waals surface area contributed by atoms with E-state index in [0.717, 1.165) is 5.25 Å². The maximum absolute atomic E-state index is 2.87. The largest absolute Gasteiger partial charge is 0.138 e. The van der Waals surface area contributed by atoms with Gasteiger partial charge in [-0.2, -0.15) is 0 Å². The molecule has 0 saturated heterocycles. The van der Waals surface area contributed by atoms with Gasteiger partial charge in [-0.25, -0.2) is 0 Å². The van der Waals surface area contributed by atoms with Gasteiger partial charge >= 0.3 is 0 Å². The van der Waals surface area contributed by atoms with Crippen LogP contribution in [0.1, 0.15) is 90.9 Å². The Kier molecular flexibility index (Phi) is 15.5. The van der Waals surface area contributed by atoms with Crippen LogP contribution in [0.25, 0.3) is 0 Å². The van der Waals surface area contributed by atoms with Gasteiger partial charge in [0.05, 0.1) is 0 Å². The van der Waals surface area contributed by atoms with Crippen molar-refractivity contribution in [3.8, 4) is 0 Å². The molecule has 0 aliphatic heterocycles. The van der Waals surface area contributed by atoms with E-state index in [1.54, 1.807) is 0 Å². The van der Waals surface area contributed by atoms with Gasteiger partial charge in [-0.1, -0.05) is 86.5 Å². The zero-order valence-electron chi connectivity index (χ0n) is 12.0. The first-order chi connectivity index (χ1) is 8.35. The average molecular weight is 276 g/mol. The summed E-state index contributed by atoms with van der Waals surface area (Å²) in [6, 6.07) is 0. The maximum atomic E-state index is 2.87. The molecule has 0 amide bonds. The van der Waals surface area contributed by atoms with E-state index in [1.807, 2.05) is 11.4 Å². The Morgan fingerprint density at radius 2 is 1.12 bits per heavy atom. The topological polar surface area (TPSA) is 0 Å². The van der Waals surface area contributed by atoms with E-state index in [1.165, 1.54) is 77.0 Å². The molecule has 0 bridgehead atoms. The fraction of sp³-hybridized carbons (Fsp3) is 1.00. The number of unbranched alkanes of at least 4 members (excludes halogenated alkanes) is 8. The van der Waals surface area contributed by atoms with Gasteiger partial charge in [0.15, 0.2) is 0 Å². The van der Waals surface area contributed by atoms with Gasteiger partial charge < -0.3 is 0 Å². The standard InChI is InChI=1S/C15H33PS/c1-3-5-7-8-9-10-12-14-15(17-16)13-11-6-4-2/h15H,3-14,16H2,1-2H3. The summed E-state index contributed by atoms with van der Waals surface area (Å²) >= 11 is 2.01. The van der Waals surface area contributed by atoms with Gasteiger partial charge in [-0.15, -0.1) is 11.4 Å². The fourth-order valence-electron chi connectivity index (χ4n) is 2.23. The zero-order valence-corrected chi connectivity index (χ0v) is 14.0. The Balaban J connectivity index is 3.25. The molecule has 0 N–H and O–H groups in total. The Labute approximate surface area is 116 Å². The molecule has 0 aromatic heterocycles. The van der Waals surface area contributed by atoms with E-state index in [9.17, 15) is 0 Å². The lowest BCUT2D eigenvalue weighted by molar-refractivity contribution is 0.550. The molecule has 0 aromatic rings. The molecule has 2 unspecified atom stereocenters. The van der Waals surface area contributed by atoms with E-state index in [-0.39, 0.29) is 0 Å². The predicted molar refractivity (Wildman–Crippen MR) is 87.8 cm³/mol. The minimum absolute atomic E-state index is 0.905. The summed E-state index contributed by atoms with van der Waals surface area (Å²) in [7, 11) is 2.87. The quantitative estimate of drug-likeness (QED) is 0.270. The van der Waals surface area contributed by atoms with Crippen LogP contribution in [-0.2, 0) is 0 Å². The maximum Gasteiger partial charge on any atom is 0.00834 e. The number of rotatable bonds is 13. The Morgan fingerprint density at radius 1 is 0.706 bits per heavy atom. The van der Waals surface area contributed by atoms with E-state index in [4.69, 9.17) is 0 Å². The van der Waals surface area contributed by atoms with Gasteiger partial charge in [0.1, 0.15) is 0 Å².